The summed E-state index contributed by atoms with van der Waals surface area (Å²) in [6, 6.07) is 4.21. The Kier molecular flexibility index (Phi) is 7.19. The average Bonchev–Trinajstić information content (AvgIpc) is 3.02. The van der Waals surface area contributed by atoms with E-state index in [-0.39, 0.29) is 36.8 Å². The summed E-state index contributed by atoms with van der Waals surface area (Å²) in [4.78, 5) is 37.0. The number of halogens is 2. The summed E-state index contributed by atoms with van der Waals surface area (Å²) < 4.78 is 31.2. The molecule has 1 aromatic carbocycles. The number of rotatable bonds is 8. The van der Waals surface area contributed by atoms with Crippen LogP contribution >= 0.6 is 0 Å². The van der Waals surface area contributed by atoms with Crippen molar-refractivity contribution in [1.82, 2.24) is 15.4 Å². The molecule has 0 saturated carbocycles. The normalized spacial score (nSPS) is 10.4. The van der Waals surface area contributed by atoms with Crippen LogP contribution in [0.25, 0.3) is 0 Å². The molecule has 8 nitrogen and oxygen atoms in total. The van der Waals surface area contributed by atoms with Crippen LogP contribution in [0.15, 0.2) is 28.8 Å². The molecule has 150 valence electrons. The molecule has 1 heterocycles. The molecule has 1 aromatic heterocycles. The summed E-state index contributed by atoms with van der Waals surface area (Å²) in [5.41, 5.74) is -0.274. The van der Waals surface area contributed by atoms with Crippen LogP contribution < -0.4 is 10.6 Å². The summed E-state index contributed by atoms with van der Waals surface area (Å²) in [6.45, 7) is 1.64. The molecule has 3 amide bonds. The monoisotopic (exact) mass is 394 g/mol. The number of nitrogens with one attached hydrogen (secondary N) is 2. The van der Waals surface area contributed by atoms with E-state index in [0.717, 1.165) is 12.1 Å². The fraction of sp³-hybridized carbons (Fsp3) is 0.333. The Morgan fingerprint density at radius 1 is 1.21 bits per heavy atom. The zero-order valence-corrected chi connectivity index (χ0v) is 15.4. The molecule has 0 aliphatic heterocycles. The minimum absolute atomic E-state index is 0.0824. The van der Waals surface area contributed by atoms with Gasteiger partial charge in [-0.25, -0.2) is 8.78 Å². The number of aromatic nitrogens is 1. The molecule has 2 N–H and O–H groups in total. The number of carbonyl (C=O) groups is 3. The highest BCUT2D eigenvalue weighted by Gasteiger charge is 2.15. The topological polar surface area (TPSA) is 105 Å². The maximum absolute atomic E-state index is 13.5. The molecule has 2 rings (SSSR count). The molecule has 0 atom stereocenters. The minimum Gasteiger partial charge on any atom is -0.360 e. The highest BCUT2D eigenvalue weighted by molar-refractivity contribution is 5.94. The van der Waals surface area contributed by atoms with Crippen LogP contribution in [0.4, 0.5) is 14.6 Å². The molecule has 0 fully saturated rings. The molecule has 0 unspecified atom stereocenters. The molecule has 10 heteroatoms. The first-order chi connectivity index (χ1) is 13.3. The Hall–Kier alpha value is -3.30. The number of likely N-dealkylation sites (N-methyl/N-ethyl adjacent to an activating group) is 1. The second kappa shape index (κ2) is 9.58. The van der Waals surface area contributed by atoms with Crippen LogP contribution in [0.2, 0.25) is 0 Å². The number of anilines is 1. The van der Waals surface area contributed by atoms with Gasteiger partial charge in [-0.3, -0.25) is 14.4 Å². The SMILES string of the molecule is Cc1cc(NC(=O)CN(C)C(=O)CCCNC(=O)c2ccc(F)cc2F)no1. The minimum atomic E-state index is -0.957. The third-order valence-corrected chi connectivity index (χ3v) is 3.73. The lowest BCUT2D eigenvalue weighted by Crippen LogP contribution is -2.35. The van der Waals surface area contributed by atoms with Gasteiger partial charge in [0.25, 0.3) is 5.91 Å². The first kappa shape index (κ1) is 21.0. The van der Waals surface area contributed by atoms with E-state index in [0.29, 0.717) is 18.2 Å². The zero-order valence-electron chi connectivity index (χ0n) is 15.4. The van der Waals surface area contributed by atoms with Crippen LogP contribution in [-0.2, 0) is 9.59 Å². The molecule has 0 bridgehead atoms. The van der Waals surface area contributed by atoms with Gasteiger partial charge in [-0.05, 0) is 25.5 Å². The predicted octanol–water partition coefficient (Wildman–Crippen LogP) is 1.87. The Bertz CT molecular complexity index is 869. The maximum Gasteiger partial charge on any atom is 0.254 e. The average molecular weight is 394 g/mol. The fourth-order valence-corrected chi connectivity index (χ4v) is 2.31. The molecule has 2 aromatic rings. The van der Waals surface area contributed by atoms with Crippen LogP contribution in [0.5, 0.6) is 0 Å². The van der Waals surface area contributed by atoms with Crippen molar-refractivity contribution in [3.8, 4) is 0 Å². The van der Waals surface area contributed by atoms with Crippen LogP contribution in [0, 0.1) is 18.6 Å². The Morgan fingerprint density at radius 2 is 1.96 bits per heavy atom. The van der Waals surface area contributed by atoms with Gasteiger partial charge >= 0.3 is 0 Å². The summed E-state index contributed by atoms with van der Waals surface area (Å²) in [7, 11) is 1.47. The molecule has 28 heavy (non-hydrogen) atoms. The van der Waals surface area contributed by atoms with Crippen LogP contribution in [0.1, 0.15) is 29.0 Å². The third-order valence-electron chi connectivity index (χ3n) is 3.73. The van der Waals surface area contributed by atoms with Crippen molar-refractivity contribution in [3.05, 3.63) is 47.2 Å². The first-order valence-electron chi connectivity index (χ1n) is 8.46. The molecule has 0 radical (unpaired) electrons. The van der Waals surface area contributed by atoms with Crippen molar-refractivity contribution in [2.24, 2.45) is 0 Å². The highest BCUT2D eigenvalue weighted by atomic mass is 19.1. The maximum atomic E-state index is 13.5. The molecule has 0 saturated heterocycles. The second-order valence-electron chi connectivity index (χ2n) is 6.10. The van der Waals surface area contributed by atoms with Gasteiger partial charge in [-0.1, -0.05) is 5.16 Å². The van der Waals surface area contributed by atoms with Crippen molar-refractivity contribution in [2.45, 2.75) is 19.8 Å². The predicted molar refractivity (Wildman–Crippen MR) is 95.4 cm³/mol. The number of hydrogen-bond acceptors (Lipinski definition) is 5. The number of amides is 3. The Morgan fingerprint density at radius 3 is 2.61 bits per heavy atom. The largest absolute Gasteiger partial charge is 0.360 e. The Labute approximate surface area is 159 Å². The van der Waals surface area contributed by atoms with E-state index < -0.39 is 23.4 Å². The quantitative estimate of drug-likeness (QED) is 0.665. The van der Waals surface area contributed by atoms with E-state index in [2.05, 4.69) is 15.8 Å². The second-order valence-corrected chi connectivity index (χ2v) is 6.10. The molecule has 0 aliphatic rings. The van der Waals surface area contributed by atoms with Gasteiger partial charge in [-0.15, -0.1) is 0 Å². The first-order valence-corrected chi connectivity index (χ1v) is 8.46. The van der Waals surface area contributed by atoms with E-state index in [1.54, 1.807) is 13.0 Å². The summed E-state index contributed by atoms with van der Waals surface area (Å²) >= 11 is 0. The highest BCUT2D eigenvalue weighted by Crippen LogP contribution is 2.09. The van der Waals surface area contributed by atoms with Gasteiger partial charge in [0.2, 0.25) is 11.8 Å². The van der Waals surface area contributed by atoms with Gasteiger partial charge in [0, 0.05) is 32.1 Å². The summed E-state index contributed by atoms with van der Waals surface area (Å²) in [6.07, 6.45) is 0.376. The van der Waals surface area contributed by atoms with Crippen LogP contribution in [-0.4, -0.2) is 47.9 Å². The number of hydrogen-bond donors (Lipinski definition) is 2. The number of nitrogens with zero attached hydrogens (tertiary/aromatic N) is 2. The number of benzene rings is 1. The zero-order chi connectivity index (χ0) is 20.7. The lowest BCUT2D eigenvalue weighted by molar-refractivity contribution is -0.133. The van der Waals surface area contributed by atoms with Crippen LogP contribution in [0.3, 0.4) is 0 Å². The van der Waals surface area contributed by atoms with Gasteiger partial charge in [0.1, 0.15) is 17.4 Å². The standard InChI is InChI=1S/C18H20F2N4O4/c1-11-8-15(23-28-11)22-16(25)10-24(2)17(26)4-3-7-21-18(27)13-6-5-12(19)9-14(13)20/h5-6,8-9H,3-4,7,10H2,1-2H3,(H,21,27)(H,22,23,25). The summed E-state index contributed by atoms with van der Waals surface area (Å²) in [5.74, 6) is -2.34. The number of aryl methyl sites for hydroxylation is 1. The molecule has 0 spiro atoms. The van der Waals surface area contributed by atoms with E-state index in [1.807, 2.05) is 0 Å². The summed E-state index contributed by atoms with van der Waals surface area (Å²) in [5, 5.41) is 8.58. The van der Waals surface area contributed by atoms with Gasteiger partial charge < -0.3 is 20.1 Å². The van der Waals surface area contributed by atoms with E-state index in [1.165, 1.54) is 11.9 Å². The van der Waals surface area contributed by atoms with Crippen molar-refractivity contribution in [3.63, 3.8) is 0 Å². The smallest absolute Gasteiger partial charge is 0.254 e. The lowest BCUT2D eigenvalue weighted by Gasteiger charge is -2.16. The molecular formula is C18H20F2N4O4. The van der Waals surface area contributed by atoms with Crippen molar-refractivity contribution in [1.29, 1.82) is 0 Å². The fourth-order valence-electron chi connectivity index (χ4n) is 2.31. The van der Waals surface area contributed by atoms with E-state index in [4.69, 9.17) is 4.52 Å². The molecule has 0 aliphatic carbocycles. The van der Waals surface area contributed by atoms with Gasteiger partial charge in [0.05, 0.1) is 12.1 Å². The van der Waals surface area contributed by atoms with E-state index in [9.17, 15) is 23.2 Å². The molecular weight excluding hydrogens is 374 g/mol. The van der Waals surface area contributed by atoms with Gasteiger partial charge in [-0.2, -0.15) is 0 Å². The third kappa shape index (κ3) is 6.15. The van der Waals surface area contributed by atoms with Crippen molar-refractivity contribution in [2.75, 3.05) is 25.5 Å². The van der Waals surface area contributed by atoms with Crippen molar-refractivity contribution >= 4 is 23.5 Å². The number of carbonyl (C=O) groups excluding carboxylic acids is 3. The lowest BCUT2D eigenvalue weighted by atomic mass is 10.2. The van der Waals surface area contributed by atoms with E-state index >= 15 is 0 Å². The van der Waals surface area contributed by atoms with Gasteiger partial charge in [0.15, 0.2) is 5.82 Å². The van der Waals surface area contributed by atoms with Crippen molar-refractivity contribution < 1.29 is 27.7 Å². The Balaban J connectivity index is 1.69.